The molecule has 1 fully saturated rings. The predicted octanol–water partition coefficient (Wildman–Crippen LogP) is 5.25. The number of nitrogens with one attached hydrogen (secondary N) is 1. The molecule has 0 saturated heterocycles. The van der Waals surface area contributed by atoms with Gasteiger partial charge in [-0.25, -0.2) is 0 Å². The maximum Gasteiger partial charge on any atom is 0.0423 e. The molecule has 112 valence electrons. The molecule has 0 aliphatic heterocycles. The van der Waals surface area contributed by atoms with Crippen LogP contribution in [0.25, 0.3) is 10.8 Å². The standard InChI is InChI=1S/C19H26N2/c1-19(2,3)16-8-4-5-9-18(16)21-17-10-6-7-14-13-20-12-11-15(14)17/h6-7,10-13,16,18,21H,4-5,8-9H2,1-3H3. The number of nitrogens with zero attached hydrogens (tertiary/aromatic N) is 1. The van der Waals surface area contributed by atoms with E-state index in [2.05, 4.69) is 55.3 Å². The number of benzene rings is 1. The van der Waals surface area contributed by atoms with E-state index in [-0.39, 0.29) is 0 Å². The van der Waals surface area contributed by atoms with Crippen molar-refractivity contribution in [1.82, 2.24) is 4.98 Å². The second-order valence-electron chi connectivity index (χ2n) is 7.41. The summed E-state index contributed by atoms with van der Waals surface area (Å²) in [6.07, 6.45) is 9.17. The van der Waals surface area contributed by atoms with Crippen molar-refractivity contribution in [1.29, 1.82) is 0 Å². The molecule has 0 bridgehead atoms. The molecule has 0 spiro atoms. The maximum absolute atomic E-state index is 4.23. The number of anilines is 1. The van der Waals surface area contributed by atoms with Crippen LogP contribution in [0.15, 0.2) is 36.7 Å². The van der Waals surface area contributed by atoms with Crippen LogP contribution in [0.1, 0.15) is 46.5 Å². The number of aromatic nitrogens is 1. The van der Waals surface area contributed by atoms with Crippen LogP contribution in [-0.2, 0) is 0 Å². The number of rotatable bonds is 2. The van der Waals surface area contributed by atoms with E-state index in [1.807, 2.05) is 12.4 Å². The summed E-state index contributed by atoms with van der Waals surface area (Å²) in [5.74, 6) is 0.739. The van der Waals surface area contributed by atoms with Crippen molar-refractivity contribution in [3.05, 3.63) is 36.7 Å². The Morgan fingerprint density at radius 3 is 2.71 bits per heavy atom. The summed E-state index contributed by atoms with van der Waals surface area (Å²) >= 11 is 0. The van der Waals surface area contributed by atoms with Crippen LogP contribution in [0.3, 0.4) is 0 Å². The van der Waals surface area contributed by atoms with Gasteiger partial charge in [-0.2, -0.15) is 0 Å². The molecule has 1 aromatic heterocycles. The highest BCUT2D eigenvalue weighted by atomic mass is 14.9. The molecule has 0 amide bonds. The Morgan fingerprint density at radius 1 is 1.10 bits per heavy atom. The largest absolute Gasteiger partial charge is 0.382 e. The van der Waals surface area contributed by atoms with Crippen LogP contribution in [0.4, 0.5) is 5.69 Å². The second kappa shape index (κ2) is 5.67. The Bertz CT molecular complexity index is 607. The van der Waals surface area contributed by atoms with Gasteiger partial charge >= 0.3 is 0 Å². The highest BCUT2D eigenvalue weighted by Gasteiger charge is 2.34. The third-order valence-corrected chi connectivity index (χ3v) is 4.90. The first kappa shape index (κ1) is 14.4. The molecule has 1 heterocycles. The van der Waals surface area contributed by atoms with E-state index in [0.717, 1.165) is 5.92 Å². The van der Waals surface area contributed by atoms with Crippen LogP contribution in [0.5, 0.6) is 0 Å². The molecule has 0 radical (unpaired) electrons. The molecule has 1 aliphatic rings. The summed E-state index contributed by atoms with van der Waals surface area (Å²) in [6.45, 7) is 7.14. The summed E-state index contributed by atoms with van der Waals surface area (Å²) in [6, 6.07) is 9.16. The SMILES string of the molecule is CC(C)(C)C1CCCCC1Nc1cccc2cnccc12. The average molecular weight is 282 g/mol. The van der Waals surface area contributed by atoms with Crippen LogP contribution in [0, 0.1) is 11.3 Å². The molecule has 1 aliphatic carbocycles. The summed E-state index contributed by atoms with van der Waals surface area (Å²) in [5, 5.41) is 6.35. The molecule has 21 heavy (non-hydrogen) atoms. The summed E-state index contributed by atoms with van der Waals surface area (Å²) in [5.41, 5.74) is 1.63. The van der Waals surface area contributed by atoms with Gasteiger partial charge in [0.2, 0.25) is 0 Å². The Labute approximate surface area is 128 Å². The minimum atomic E-state index is 0.365. The van der Waals surface area contributed by atoms with Crippen molar-refractivity contribution in [3.63, 3.8) is 0 Å². The lowest BCUT2D eigenvalue weighted by molar-refractivity contribution is 0.163. The van der Waals surface area contributed by atoms with Crippen molar-refractivity contribution in [3.8, 4) is 0 Å². The maximum atomic E-state index is 4.23. The molecule has 2 nitrogen and oxygen atoms in total. The van der Waals surface area contributed by atoms with E-state index < -0.39 is 0 Å². The lowest BCUT2D eigenvalue weighted by Crippen LogP contribution is -2.39. The van der Waals surface area contributed by atoms with Gasteiger partial charge in [0.15, 0.2) is 0 Å². The molecule has 1 saturated carbocycles. The van der Waals surface area contributed by atoms with Gasteiger partial charge in [-0.05, 0) is 36.3 Å². The van der Waals surface area contributed by atoms with Gasteiger partial charge in [0.1, 0.15) is 0 Å². The zero-order valence-electron chi connectivity index (χ0n) is 13.4. The van der Waals surface area contributed by atoms with Gasteiger partial charge in [0.05, 0.1) is 0 Å². The van der Waals surface area contributed by atoms with Crippen LogP contribution >= 0.6 is 0 Å². The first-order valence-electron chi connectivity index (χ1n) is 8.15. The van der Waals surface area contributed by atoms with Crippen molar-refractivity contribution < 1.29 is 0 Å². The summed E-state index contributed by atoms with van der Waals surface area (Å²) in [7, 11) is 0. The van der Waals surface area contributed by atoms with Crippen LogP contribution in [-0.4, -0.2) is 11.0 Å². The first-order chi connectivity index (χ1) is 10.1. The molecule has 2 aromatic rings. The van der Waals surface area contributed by atoms with Crippen molar-refractivity contribution >= 4 is 16.5 Å². The monoisotopic (exact) mass is 282 g/mol. The normalized spacial score (nSPS) is 23.2. The van der Waals surface area contributed by atoms with Gasteiger partial charge < -0.3 is 5.32 Å². The summed E-state index contributed by atoms with van der Waals surface area (Å²) < 4.78 is 0. The molecule has 1 N–H and O–H groups in total. The molecule has 1 aromatic carbocycles. The molecule has 3 rings (SSSR count). The Balaban J connectivity index is 1.90. The smallest absolute Gasteiger partial charge is 0.0423 e. The van der Waals surface area contributed by atoms with Crippen LogP contribution < -0.4 is 5.32 Å². The van der Waals surface area contributed by atoms with Crippen molar-refractivity contribution in [2.24, 2.45) is 11.3 Å². The molecule has 2 heteroatoms. The fourth-order valence-corrected chi connectivity index (χ4v) is 3.79. The van der Waals surface area contributed by atoms with Gasteiger partial charge in [-0.15, -0.1) is 0 Å². The fraction of sp³-hybridized carbons (Fsp3) is 0.526. The average Bonchev–Trinajstić information content (AvgIpc) is 2.47. The van der Waals surface area contributed by atoms with Gasteiger partial charge in [0, 0.05) is 34.9 Å². The minimum absolute atomic E-state index is 0.365. The Morgan fingerprint density at radius 2 is 1.90 bits per heavy atom. The molecular weight excluding hydrogens is 256 g/mol. The van der Waals surface area contributed by atoms with E-state index in [1.54, 1.807) is 0 Å². The highest BCUT2D eigenvalue weighted by Crippen LogP contribution is 2.39. The van der Waals surface area contributed by atoms with E-state index >= 15 is 0 Å². The minimum Gasteiger partial charge on any atom is -0.382 e. The van der Waals surface area contributed by atoms with E-state index in [1.165, 1.54) is 42.1 Å². The topological polar surface area (TPSA) is 24.9 Å². The first-order valence-corrected chi connectivity index (χ1v) is 8.15. The molecule has 2 unspecified atom stereocenters. The fourth-order valence-electron chi connectivity index (χ4n) is 3.79. The zero-order valence-corrected chi connectivity index (χ0v) is 13.4. The number of pyridine rings is 1. The lowest BCUT2D eigenvalue weighted by Gasteiger charge is -2.41. The third-order valence-electron chi connectivity index (χ3n) is 4.90. The van der Waals surface area contributed by atoms with E-state index in [4.69, 9.17) is 0 Å². The van der Waals surface area contributed by atoms with E-state index in [9.17, 15) is 0 Å². The van der Waals surface area contributed by atoms with Crippen molar-refractivity contribution in [2.75, 3.05) is 5.32 Å². The Hall–Kier alpha value is -1.57. The quantitative estimate of drug-likeness (QED) is 0.813. The Kier molecular flexibility index (Phi) is 3.88. The third kappa shape index (κ3) is 3.04. The van der Waals surface area contributed by atoms with E-state index in [0.29, 0.717) is 11.5 Å². The highest BCUT2D eigenvalue weighted by molar-refractivity contribution is 5.93. The molecule has 2 atom stereocenters. The van der Waals surface area contributed by atoms with Crippen molar-refractivity contribution in [2.45, 2.75) is 52.5 Å². The van der Waals surface area contributed by atoms with Crippen LogP contribution in [0.2, 0.25) is 0 Å². The van der Waals surface area contributed by atoms with Gasteiger partial charge in [-0.3, -0.25) is 4.98 Å². The van der Waals surface area contributed by atoms with Gasteiger partial charge in [-0.1, -0.05) is 45.7 Å². The lowest BCUT2D eigenvalue weighted by atomic mass is 9.69. The van der Waals surface area contributed by atoms with Gasteiger partial charge in [0.25, 0.3) is 0 Å². The zero-order chi connectivity index (χ0) is 14.9. The number of hydrogen-bond acceptors (Lipinski definition) is 2. The second-order valence-corrected chi connectivity index (χ2v) is 7.41. The summed E-state index contributed by atoms with van der Waals surface area (Å²) in [4.78, 5) is 4.23. The predicted molar refractivity (Wildman–Crippen MR) is 90.6 cm³/mol. The molecular formula is C19H26N2. The number of fused-ring (bicyclic) bond motifs is 1. The number of hydrogen-bond donors (Lipinski definition) is 1.